The van der Waals surface area contributed by atoms with Crippen molar-refractivity contribution >= 4 is 68.0 Å². The molecular formula is C23H17I2NO3. The number of nitriles is 1. The summed E-state index contributed by atoms with van der Waals surface area (Å²) in [5.74, 6) is 0.169. The van der Waals surface area contributed by atoms with E-state index in [1.54, 1.807) is 6.92 Å². The second-order valence-electron chi connectivity index (χ2n) is 6.13. The first-order chi connectivity index (χ1) is 14.0. The molecule has 3 aromatic rings. The lowest BCUT2D eigenvalue weighted by Gasteiger charge is -2.13. The van der Waals surface area contributed by atoms with Crippen LogP contribution in [-0.2, 0) is 16.1 Å². The summed E-state index contributed by atoms with van der Waals surface area (Å²) in [7, 11) is 0. The van der Waals surface area contributed by atoms with Gasteiger partial charge in [-0.15, -0.1) is 0 Å². The third kappa shape index (κ3) is 5.28. The fraction of sp³-hybridized carbons (Fsp3) is 0.130. The highest BCUT2D eigenvalue weighted by Crippen LogP contribution is 2.31. The number of hydrogen-bond donors (Lipinski definition) is 0. The molecule has 0 spiro atoms. The van der Waals surface area contributed by atoms with Crippen molar-refractivity contribution in [1.29, 1.82) is 5.26 Å². The van der Waals surface area contributed by atoms with Crippen LogP contribution in [0.1, 0.15) is 18.1 Å². The lowest BCUT2D eigenvalue weighted by molar-refractivity contribution is -0.137. The van der Waals surface area contributed by atoms with Gasteiger partial charge in [0.05, 0.1) is 13.7 Å². The van der Waals surface area contributed by atoms with Gasteiger partial charge in [-0.05, 0) is 92.2 Å². The Kier molecular flexibility index (Phi) is 7.50. The predicted molar refractivity (Wildman–Crippen MR) is 130 cm³/mol. The van der Waals surface area contributed by atoms with Crippen LogP contribution in [0.15, 0.2) is 60.2 Å². The van der Waals surface area contributed by atoms with Gasteiger partial charge in [0.1, 0.15) is 24.0 Å². The average molecular weight is 609 g/mol. The summed E-state index contributed by atoms with van der Waals surface area (Å²) in [5.41, 5.74) is 1.84. The zero-order valence-corrected chi connectivity index (χ0v) is 19.9. The Bertz CT molecular complexity index is 1100. The monoisotopic (exact) mass is 609 g/mol. The van der Waals surface area contributed by atoms with E-state index in [1.807, 2.05) is 36.4 Å². The second kappa shape index (κ2) is 10.1. The van der Waals surface area contributed by atoms with Crippen molar-refractivity contribution in [3.63, 3.8) is 0 Å². The van der Waals surface area contributed by atoms with Crippen LogP contribution in [0.4, 0.5) is 0 Å². The molecule has 0 unspecified atom stereocenters. The van der Waals surface area contributed by atoms with Crippen LogP contribution in [0, 0.1) is 18.5 Å². The maximum Gasteiger partial charge on any atom is 0.348 e. The number of ether oxygens (including phenoxy) is 2. The SMILES string of the molecule is CCOC(=O)/C(C#N)=C\c1cc(I)c(OCc2cccc3ccccc23)c(I)c1. The molecule has 29 heavy (non-hydrogen) atoms. The van der Waals surface area contributed by atoms with Crippen molar-refractivity contribution in [3.8, 4) is 11.8 Å². The van der Waals surface area contributed by atoms with Crippen LogP contribution < -0.4 is 4.74 Å². The molecule has 3 aromatic carbocycles. The molecule has 0 aliphatic carbocycles. The summed E-state index contributed by atoms with van der Waals surface area (Å²) in [6, 6.07) is 20.1. The first-order valence-corrected chi connectivity index (χ1v) is 11.1. The van der Waals surface area contributed by atoms with Crippen LogP contribution >= 0.6 is 45.2 Å². The molecule has 0 saturated heterocycles. The summed E-state index contributed by atoms with van der Waals surface area (Å²) in [6.45, 7) is 2.39. The first kappa shape index (κ1) is 21.6. The van der Waals surface area contributed by atoms with E-state index in [1.165, 1.54) is 16.8 Å². The number of halogens is 2. The third-order valence-corrected chi connectivity index (χ3v) is 5.80. The molecule has 0 aliphatic heterocycles. The van der Waals surface area contributed by atoms with Gasteiger partial charge in [0.2, 0.25) is 0 Å². The molecule has 3 rings (SSSR count). The zero-order valence-electron chi connectivity index (χ0n) is 15.6. The maximum absolute atomic E-state index is 11.8. The molecule has 0 amide bonds. The van der Waals surface area contributed by atoms with E-state index < -0.39 is 5.97 Å². The number of nitrogens with zero attached hydrogens (tertiary/aromatic N) is 1. The Morgan fingerprint density at radius 1 is 1.10 bits per heavy atom. The van der Waals surface area contributed by atoms with E-state index in [2.05, 4.69) is 69.4 Å². The number of carbonyl (C=O) groups is 1. The smallest absolute Gasteiger partial charge is 0.348 e. The van der Waals surface area contributed by atoms with Crippen LogP contribution in [0.2, 0.25) is 0 Å². The van der Waals surface area contributed by atoms with Crippen molar-refractivity contribution in [3.05, 3.63) is 78.4 Å². The van der Waals surface area contributed by atoms with Crippen molar-refractivity contribution in [2.24, 2.45) is 0 Å². The molecule has 0 aromatic heterocycles. The average Bonchev–Trinajstić information content (AvgIpc) is 2.71. The number of hydrogen-bond acceptors (Lipinski definition) is 4. The van der Waals surface area contributed by atoms with Crippen molar-refractivity contribution < 1.29 is 14.3 Å². The highest BCUT2D eigenvalue weighted by Gasteiger charge is 2.13. The summed E-state index contributed by atoms with van der Waals surface area (Å²) < 4.78 is 12.9. The lowest BCUT2D eigenvalue weighted by Crippen LogP contribution is -2.06. The lowest BCUT2D eigenvalue weighted by atomic mass is 10.1. The van der Waals surface area contributed by atoms with Crippen LogP contribution in [0.5, 0.6) is 5.75 Å². The van der Waals surface area contributed by atoms with E-state index >= 15 is 0 Å². The molecule has 0 N–H and O–H groups in total. The Morgan fingerprint density at radius 3 is 2.48 bits per heavy atom. The quantitative estimate of drug-likeness (QED) is 0.147. The van der Waals surface area contributed by atoms with Gasteiger partial charge >= 0.3 is 5.97 Å². The summed E-state index contributed by atoms with van der Waals surface area (Å²) in [6.07, 6.45) is 1.54. The van der Waals surface area contributed by atoms with E-state index in [0.717, 1.165) is 24.0 Å². The number of carbonyl (C=O) groups excluding carboxylic acids is 1. The van der Waals surface area contributed by atoms with Crippen molar-refractivity contribution in [1.82, 2.24) is 0 Å². The first-order valence-electron chi connectivity index (χ1n) is 8.91. The molecule has 0 saturated carbocycles. The fourth-order valence-electron chi connectivity index (χ4n) is 2.88. The molecule has 6 heteroatoms. The van der Waals surface area contributed by atoms with E-state index in [9.17, 15) is 10.1 Å². The highest BCUT2D eigenvalue weighted by molar-refractivity contribution is 14.1. The molecule has 0 heterocycles. The summed E-state index contributed by atoms with van der Waals surface area (Å²) in [4.78, 5) is 11.8. The Balaban J connectivity index is 1.85. The van der Waals surface area contributed by atoms with E-state index in [4.69, 9.17) is 9.47 Å². The van der Waals surface area contributed by atoms with Gasteiger partial charge in [-0.2, -0.15) is 5.26 Å². The van der Waals surface area contributed by atoms with Gasteiger partial charge in [-0.25, -0.2) is 4.79 Å². The molecular weight excluding hydrogens is 592 g/mol. The Morgan fingerprint density at radius 2 is 1.79 bits per heavy atom. The third-order valence-electron chi connectivity index (χ3n) is 4.20. The standard InChI is InChI=1S/C23H17I2NO3/c1-2-28-23(27)18(13-26)10-15-11-20(24)22(21(25)12-15)29-14-17-8-5-7-16-6-3-4-9-19(16)17/h3-12H,2,14H2,1H3/b18-10-. The molecule has 0 atom stereocenters. The topological polar surface area (TPSA) is 59.3 Å². The zero-order chi connectivity index (χ0) is 20.8. The number of fused-ring (bicyclic) bond motifs is 1. The minimum Gasteiger partial charge on any atom is -0.487 e. The molecule has 0 aliphatic rings. The van der Waals surface area contributed by atoms with Crippen molar-refractivity contribution in [2.45, 2.75) is 13.5 Å². The van der Waals surface area contributed by atoms with Crippen LogP contribution in [0.25, 0.3) is 16.8 Å². The largest absolute Gasteiger partial charge is 0.487 e. The van der Waals surface area contributed by atoms with Crippen LogP contribution in [-0.4, -0.2) is 12.6 Å². The summed E-state index contributed by atoms with van der Waals surface area (Å²) >= 11 is 4.41. The van der Waals surface area contributed by atoms with Gasteiger partial charge in [-0.3, -0.25) is 0 Å². The number of esters is 1. The van der Waals surface area contributed by atoms with E-state index in [0.29, 0.717) is 6.61 Å². The molecule has 4 nitrogen and oxygen atoms in total. The van der Waals surface area contributed by atoms with Gasteiger partial charge < -0.3 is 9.47 Å². The minimum absolute atomic E-state index is 0.0251. The normalized spacial score (nSPS) is 11.2. The van der Waals surface area contributed by atoms with Crippen LogP contribution in [0.3, 0.4) is 0 Å². The maximum atomic E-state index is 11.8. The predicted octanol–water partition coefficient (Wildman–Crippen LogP) is 6.10. The highest BCUT2D eigenvalue weighted by atomic mass is 127. The van der Waals surface area contributed by atoms with E-state index in [-0.39, 0.29) is 12.2 Å². The molecule has 0 radical (unpaired) electrons. The van der Waals surface area contributed by atoms with Gasteiger partial charge in [0.25, 0.3) is 0 Å². The molecule has 146 valence electrons. The molecule has 0 fully saturated rings. The van der Waals surface area contributed by atoms with Gasteiger partial charge in [-0.1, -0.05) is 42.5 Å². The second-order valence-corrected chi connectivity index (χ2v) is 8.46. The Labute approximate surface area is 196 Å². The van der Waals surface area contributed by atoms with Gasteiger partial charge in [0.15, 0.2) is 0 Å². The summed E-state index contributed by atoms with van der Waals surface area (Å²) in [5, 5.41) is 11.6. The molecule has 0 bridgehead atoms. The minimum atomic E-state index is -0.615. The van der Waals surface area contributed by atoms with Crippen molar-refractivity contribution in [2.75, 3.05) is 6.61 Å². The van der Waals surface area contributed by atoms with Gasteiger partial charge in [0, 0.05) is 0 Å². The number of benzene rings is 3. The fourth-order valence-corrected chi connectivity index (χ4v) is 5.01. The number of rotatable bonds is 6. The Hall–Kier alpha value is -2.12.